The van der Waals surface area contributed by atoms with Crippen molar-refractivity contribution in [3.8, 4) is 11.1 Å². The van der Waals surface area contributed by atoms with Crippen molar-refractivity contribution in [3.05, 3.63) is 94.5 Å². The monoisotopic (exact) mass is 330 g/mol. The van der Waals surface area contributed by atoms with E-state index in [-0.39, 0.29) is 11.1 Å². The van der Waals surface area contributed by atoms with E-state index in [1.165, 1.54) is 39.9 Å². The van der Waals surface area contributed by atoms with E-state index in [0.29, 0.717) is 6.29 Å². The summed E-state index contributed by atoms with van der Waals surface area (Å²) in [7, 11) is 0. The summed E-state index contributed by atoms with van der Waals surface area (Å²) in [6.07, 6.45) is 1.64. The molecule has 0 aliphatic heterocycles. The first-order chi connectivity index (χ1) is 12.1. The molecule has 0 spiro atoms. The van der Waals surface area contributed by atoms with Crippen LogP contribution >= 0.6 is 0 Å². The van der Waals surface area contributed by atoms with Gasteiger partial charge in [0, 0.05) is 5.56 Å². The van der Waals surface area contributed by atoms with Gasteiger partial charge in [0.25, 0.3) is 0 Å². The number of aldehydes is 1. The number of aryl methyl sites for hydroxylation is 1. The third kappa shape index (κ3) is 3.50. The first-order valence-corrected chi connectivity index (χ1v) is 8.05. The van der Waals surface area contributed by atoms with Crippen LogP contribution in [0.2, 0.25) is 0 Å². The zero-order valence-electron chi connectivity index (χ0n) is 13.9. The molecule has 1 aliphatic rings. The smallest absolute Gasteiger partial charge is 0.336 e. The van der Waals surface area contributed by atoms with Crippen LogP contribution in [0.4, 0.5) is 0 Å². The molecule has 3 nitrogen and oxygen atoms in total. The molecule has 3 aromatic rings. The third-order valence-corrected chi connectivity index (χ3v) is 4.27. The molecule has 3 aromatic carbocycles. The second kappa shape index (κ2) is 7.14. The SMILES string of the molecule is Cc1ccc2c(c1)Cc1ccccc1-2.O=Cc1ccccc1C(=O)O. The van der Waals surface area contributed by atoms with E-state index in [4.69, 9.17) is 5.11 Å². The number of benzene rings is 3. The molecule has 0 heterocycles. The Hall–Kier alpha value is -3.20. The van der Waals surface area contributed by atoms with Gasteiger partial charge < -0.3 is 5.11 Å². The first-order valence-electron chi connectivity index (χ1n) is 8.05. The van der Waals surface area contributed by atoms with E-state index < -0.39 is 5.97 Å². The standard InChI is InChI=1S/C14H12.C8H6O3/c1-10-6-7-14-12(8-10)9-11-4-2-3-5-13(11)14;9-5-6-3-1-2-4-7(6)8(10)11/h2-8H,9H2,1H3;1-5H,(H,10,11). The lowest BCUT2D eigenvalue weighted by Crippen LogP contribution is -2.00. The van der Waals surface area contributed by atoms with Crippen LogP contribution in [0.3, 0.4) is 0 Å². The van der Waals surface area contributed by atoms with Crippen molar-refractivity contribution in [2.24, 2.45) is 0 Å². The van der Waals surface area contributed by atoms with Gasteiger partial charge in [-0.3, -0.25) is 4.79 Å². The molecule has 0 amide bonds. The summed E-state index contributed by atoms with van der Waals surface area (Å²) in [5.41, 5.74) is 7.40. The van der Waals surface area contributed by atoms with Gasteiger partial charge in [0.15, 0.2) is 6.29 Å². The van der Waals surface area contributed by atoms with Gasteiger partial charge in [-0.2, -0.15) is 0 Å². The average molecular weight is 330 g/mol. The Labute approximate surface area is 146 Å². The largest absolute Gasteiger partial charge is 0.478 e. The predicted octanol–water partition coefficient (Wildman–Crippen LogP) is 4.76. The van der Waals surface area contributed by atoms with E-state index in [2.05, 4.69) is 49.4 Å². The molecule has 1 aliphatic carbocycles. The zero-order valence-corrected chi connectivity index (χ0v) is 13.9. The number of carbonyl (C=O) groups excluding carboxylic acids is 1. The number of fused-ring (bicyclic) bond motifs is 3. The number of carboxylic acid groups (broad SMARTS) is 1. The Morgan fingerprint density at radius 2 is 1.60 bits per heavy atom. The van der Waals surface area contributed by atoms with Crippen molar-refractivity contribution in [1.82, 2.24) is 0 Å². The third-order valence-electron chi connectivity index (χ3n) is 4.27. The van der Waals surface area contributed by atoms with E-state index in [9.17, 15) is 9.59 Å². The number of aromatic carboxylic acids is 1. The molecule has 0 atom stereocenters. The molecule has 3 heteroatoms. The second-order valence-corrected chi connectivity index (χ2v) is 6.00. The average Bonchev–Trinajstić information content (AvgIpc) is 2.99. The summed E-state index contributed by atoms with van der Waals surface area (Å²) in [6, 6.07) is 21.5. The van der Waals surface area contributed by atoms with Crippen LogP contribution in [0.25, 0.3) is 11.1 Å². The minimum atomic E-state index is -1.08. The van der Waals surface area contributed by atoms with Crippen LogP contribution in [0.1, 0.15) is 37.4 Å². The molecule has 0 unspecified atom stereocenters. The fourth-order valence-electron chi connectivity index (χ4n) is 3.07. The predicted molar refractivity (Wildman–Crippen MR) is 98.2 cm³/mol. The van der Waals surface area contributed by atoms with E-state index in [1.807, 2.05) is 0 Å². The van der Waals surface area contributed by atoms with Gasteiger partial charge >= 0.3 is 5.97 Å². The fraction of sp³-hybridized carbons (Fsp3) is 0.0909. The first kappa shape index (κ1) is 16.7. The van der Waals surface area contributed by atoms with E-state index in [1.54, 1.807) is 12.1 Å². The van der Waals surface area contributed by atoms with Crippen molar-refractivity contribution in [2.45, 2.75) is 13.3 Å². The maximum absolute atomic E-state index is 10.4. The molecule has 124 valence electrons. The van der Waals surface area contributed by atoms with Crippen LogP contribution in [0.5, 0.6) is 0 Å². The molecular weight excluding hydrogens is 312 g/mol. The number of rotatable bonds is 2. The Balaban J connectivity index is 0.000000151. The van der Waals surface area contributed by atoms with Crippen molar-refractivity contribution >= 4 is 12.3 Å². The summed E-state index contributed by atoms with van der Waals surface area (Å²) in [5.74, 6) is -1.08. The number of hydrogen-bond donors (Lipinski definition) is 1. The quantitative estimate of drug-likeness (QED) is 0.539. The van der Waals surface area contributed by atoms with Crippen molar-refractivity contribution in [1.29, 1.82) is 0 Å². The van der Waals surface area contributed by atoms with Gasteiger partial charge in [-0.05, 0) is 41.7 Å². The topological polar surface area (TPSA) is 54.4 Å². The van der Waals surface area contributed by atoms with Crippen molar-refractivity contribution < 1.29 is 14.7 Å². The molecule has 0 bridgehead atoms. The molecule has 25 heavy (non-hydrogen) atoms. The van der Waals surface area contributed by atoms with Crippen molar-refractivity contribution in [2.75, 3.05) is 0 Å². The highest BCUT2D eigenvalue weighted by atomic mass is 16.4. The Morgan fingerprint density at radius 1 is 0.920 bits per heavy atom. The normalized spacial score (nSPS) is 10.9. The number of carbonyl (C=O) groups is 2. The molecule has 0 saturated heterocycles. The van der Waals surface area contributed by atoms with Gasteiger partial charge in [0.1, 0.15) is 0 Å². The lowest BCUT2D eigenvalue weighted by molar-refractivity contribution is 0.0694. The second-order valence-electron chi connectivity index (χ2n) is 6.00. The molecule has 4 rings (SSSR count). The highest BCUT2D eigenvalue weighted by molar-refractivity contribution is 5.96. The minimum Gasteiger partial charge on any atom is -0.478 e. The highest BCUT2D eigenvalue weighted by Crippen LogP contribution is 2.36. The summed E-state index contributed by atoms with van der Waals surface area (Å²) >= 11 is 0. The van der Waals surface area contributed by atoms with Crippen LogP contribution in [-0.2, 0) is 6.42 Å². The van der Waals surface area contributed by atoms with Gasteiger partial charge in [-0.25, -0.2) is 4.79 Å². The lowest BCUT2D eigenvalue weighted by Gasteiger charge is -2.00. The Morgan fingerprint density at radius 3 is 2.32 bits per heavy atom. The number of hydrogen-bond acceptors (Lipinski definition) is 2. The van der Waals surface area contributed by atoms with Crippen LogP contribution in [0.15, 0.2) is 66.7 Å². The Kier molecular flexibility index (Phi) is 4.75. The molecule has 0 radical (unpaired) electrons. The van der Waals surface area contributed by atoms with Gasteiger partial charge in [0.2, 0.25) is 0 Å². The zero-order chi connectivity index (χ0) is 17.8. The summed E-state index contributed by atoms with van der Waals surface area (Å²) in [4.78, 5) is 20.7. The van der Waals surface area contributed by atoms with Gasteiger partial charge in [-0.15, -0.1) is 0 Å². The van der Waals surface area contributed by atoms with Gasteiger partial charge in [0.05, 0.1) is 5.56 Å². The molecule has 1 N–H and O–H groups in total. The lowest BCUT2D eigenvalue weighted by atomic mass is 10.0. The van der Waals surface area contributed by atoms with Crippen molar-refractivity contribution in [3.63, 3.8) is 0 Å². The minimum absolute atomic E-state index is 0.0440. The van der Waals surface area contributed by atoms with E-state index in [0.717, 1.165) is 6.42 Å². The summed E-state index contributed by atoms with van der Waals surface area (Å²) < 4.78 is 0. The van der Waals surface area contributed by atoms with Crippen LogP contribution in [-0.4, -0.2) is 17.4 Å². The molecule has 0 saturated carbocycles. The Bertz CT molecular complexity index is 942. The van der Waals surface area contributed by atoms with Gasteiger partial charge in [-0.1, -0.05) is 66.2 Å². The number of carboxylic acids is 1. The molecule has 0 aromatic heterocycles. The fourth-order valence-corrected chi connectivity index (χ4v) is 3.07. The van der Waals surface area contributed by atoms with E-state index >= 15 is 0 Å². The maximum Gasteiger partial charge on any atom is 0.336 e. The van der Waals surface area contributed by atoms with Crippen LogP contribution in [0, 0.1) is 6.92 Å². The summed E-state index contributed by atoms with van der Waals surface area (Å²) in [6.45, 7) is 2.16. The van der Waals surface area contributed by atoms with Crippen LogP contribution < -0.4 is 0 Å². The summed E-state index contributed by atoms with van der Waals surface area (Å²) in [5, 5.41) is 8.54. The highest BCUT2D eigenvalue weighted by Gasteiger charge is 2.16. The molecular formula is C22H18O3. The molecule has 0 fully saturated rings. The maximum atomic E-state index is 10.4.